The van der Waals surface area contributed by atoms with Crippen LogP contribution in [0, 0.1) is 13.8 Å². The molecule has 100 valence electrons. The Morgan fingerprint density at radius 1 is 1.32 bits per heavy atom. The molecule has 0 atom stereocenters. The Balaban J connectivity index is 2.04. The van der Waals surface area contributed by atoms with Crippen LogP contribution >= 0.6 is 23.1 Å². The van der Waals surface area contributed by atoms with Crippen molar-refractivity contribution in [2.45, 2.75) is 24.5 Å². The summed E-state index contributed by atoms with van der Waals surface area (Å²) in [6.07, 6.45) is 0. The highest BCUT2D eigenvalue weighted by Crippen LogP contribution is 2.29. The average Bonchev–Trinajstić information content (AvgIpc) is 2.88. The van der Waals surface area contributed by atoms with E-state index in [1.165, 1.54) is 32.2 Å². The average molecular weight is 292 g/mol. The van der Waals surface area contributed by atoms with E-state index in [0.29, 0.717) is 4.88 Å². The summed E-state index contributed by atoms with van der Waals surface area (Å²) in [5.74, 6) is 5.76. The number of carbonyl (C=O) groups excluding carboxylic acids is 1. The molecule has 0 fully saturated rings. The van der Waals surface area contributed by atoms with Gasteiger partial charge >= 0.3 is 0 Å². The van der Waals surface area contributed by atoms with Crippen LogP contribution in [0.3, 0.4) is 0 Å². The minimum absolute atomic E-state index is 0.229. The molecule has 2 rings (SSSR count). The molecular formula is C14H16N2OS2. The van der Waals surface area contributed by atoms with Crippen LogP contribution < -0.4 is 11.3 Å². The molecule has 0 unspecified atom stereocenters. The van der Waals surface area contributed by atoms with Crippen molar-refractivity contribution in [1.82, 2.24) is 5.43 Å². The van der Waals surface area contributed by atoms with E-state index >= 15 is 0 Å². The first-order valence-corrected chi connectivity index (χ1v) is 7.70. The number of hydrazine groups is 1. The van der Waals surface area contributed by atoms with Gasteiger partial charge in [-0.15, -0.1) is 23.1 Å². The first kappa shape index (κ1) is 14.1. The van der Waals surface area contributed by atoms with Gasteiger partial charge in [0.15, 0.2) is 0 Å². The number of benzene rings is 1. The molecule has 1 amide bonds. The molecule has 0 aliphatic rings. The molecule has 0 radical (unpaired) electrons. The molecule has 0 aliphatic heterocycles. The monoisotopic (exact) mass is 292 g/mol. The van der Waals surface area contributed by atoms with E-state index in [9.17, 15) is 4.79 Å². The van der Waals surface area contributed by atoms with Crippen molar-refractivity contribution in [1.29, 1.82) is 0 Å². The van der Waals surface area contributed by atoms with E-state index in [1.807, 2.05) is 12.1 Å². The lowest BCUT2D eigenvalue weighted by molar-refractivity contribution is 0.0957. The first-order chi connectivity index (χ1) is 9.10. The van der Waals surface area contributed by atoms with Gasteiger partial charge in [0.25, 0.3) is 5.91 Å². The van der Waals surface area contributed by atoms with Gasteiger partial charge in [-0.05, 0) is 37.6 Å². The highest BCUT2D eigenvalue weighted by Gasteiger charge is 2.08. The van der Waals surface area contributed by atoms with Crippen molar-refractivity contribution in [2.75, 3.05) is 0 Å². The molecular weight excluding hydrogens is 276 g/mol. The van der Waals surface area contributed by atoms with Crippen LogP contribution in [0.25, 0.3) is 0 Å². The van der Waals surface area contributed by atoms with Crippen LogP contribution in [0.15, 0.2) is 35.2 Å². The highest BCUT2D eigenvalue weighted by atomic mass is 32.2. The lowest BCUT2D eigenvalue weighted by Gasteiger charge is -2.05. The zero-order valence-electron chi connectivity index (χ0n) is 10.9. The molecule has 1 aromatic heterocycles. The molecule has 0 spiro atoms. The second kappa shape index (κ2) is 6.23. The van der Waals surface area contributed by atoms with Crippen molar-refractivity contribution in [3.8, 4) is 0 Å². The summed E-state index contributed by atoms with van der Waals surface area (Å²) in [5, 5.41) is 0. The second-order valence-electron chi connectivity index (χ2n) is 4.30. The summed E-state index contributed by atoms with van der Waals surface area (Å²) in [6, 6.07) is 10.2. The van der Waals surface area contributed by atoms with Crippen molar-refractivity contribution >= 4 is 29.0 Å². The summed E-state index contributed by atoms with van der Waals surface area (Å²) in [6.45, 7) is 4.21. The summed E-state index contributed by atoms with van der Waals surface area (Å²) in [5.41, 5.74) is 4.70. The quantitative estimate of drug-likeness (QED) is 0.393. The van der Waals surface area contributed by atoms with Crippen molar-refractivity contribution in [3.63, 3.8) is 0 Å². The van der Waals surface area contributed by atoms with E-state index in [4.69, 9.17) is 5.84 Å². The zero-order chi connectivity index (χ0) is 13.8. The molecule has 5 heteroatoms. The van der Waals surface area contributed by atoms with E-state index in [1.54, 1.807) is 11.8 Å². The van der Waals surface area contributed by atoms with E-state index < -0.39 is 0 Å². The number of carbonyl (C=O) groups is 1. The van der Waals surface area contributed by atoms with E-state index in [2.05, 4.69) is 37.5 Å². The third-order valence-corrected chi connectivity index (χ3v) is 5.20. The van der Waals surface area contributed by atoms with E-state index in [0.717, 1.165) is 5.75 Å². The molecule has 3 N–H and O–H groups in total. The van der Waals surface area contributed by atoms with Gasteiger partial charge in [-0.3, -0.25) is 10.2 Å². The summed E-state index contributed by atoms with van der Waals surface area (Å²) >= 11 is 3.28. The Kier molecular flexibility index (Phi) is 4.63. The number of nitrogens with two attached hydrogens (primary N) is 1. The molecule has 19 heavy (non-hydrogen) atoms. The largest absolute Gasteiger partial charge is 0.289 e. The summed E-state index contributed by atoms with van der Waals surface area (Å²) in [4.78, 5) is 14.5. The van der Waals surface area contributed by atoms with Gasteiger partial charge in [0.05, 0.1) is 4.88 Å². The molecule has 0 saturated carbocycles. The molecule has 3 nitrogen and oxygen atoms in total. The fourth-order valence-corrected chi connectivity index (χ4v) is 3.74. The number of thiophene rings is 1. The molecule has 0 saturated heterocycles. The fraction of sp³-hybridized carbons (Fsp3) is 0.214. The molecule has 2 aromatic rings. The van der Waals surface area contributed by atoms with Crippen LogP contribution in [0.1, 0.15) is 25.7 Å². The topological polar surface area (TPSA) is 55.1 Å². The third kappa shape index (κ3) is 3.59. The number of nitrogen functional groups attached to an aromatic ring is 1. The maximum atomic E-state index is 11.4. The van der Waals surface area contributed by atoms with Crippen LogP contribution in [0.2, 0.25) is 0 Å². The summed E-state index contributed by atoms with van der Waals surface area (Å²) < 4.78 is 0. The van der Waals surface area contributed by atoms with Crippen molar-refractivity contribution in [2.24, 2.45) is 5.84 Å². The van der Waals surface area contributed by atoms with Crippen LogP contribution in [-0.2, 0) is 5.75 Å². The minimum atomic E-state index is -0.229. The van der Waals surface area contributed by atoms with Gasteiger partial charge < -0.3 is 0 Å². The Bertz CT molecular complexity index is 593. The maximum absolute atomic E-state index is 11.4. The second-order valence-corrected chi connectivity index (χ2v) is 6.48. The number of thioether (sulfide) groups is 1. The number of hydrogen-bond acceptors (Lipinski definition) is 4. The summed E-state index contributed by atoms with van der Waals surface area (Å²) in [7, 11) is 0. The van der Waals surface area contributed by atoms with Crippen LogP contribution in [-0.4, -0.2) is 5.91 Å². The Labute approximate surface area is 121 Å². The van der Waals surface area contributed by atoms with Gasteiger partial charge in [-0.2, -0.15) is 0 Å². The molecule has 1 heterocycles. The first-order valence-electron chi connectivity index (χ1n) is 5.90. The normalized spacial score (nSPS) is 10.5. The smallest absolute Gasteiger partial charge is 0.275 e. The van der Waals surface area contributed by atoms with Gasteiger partial charge in [0, 0.05) is 15.5 Å². The van der Waals surface area contributed by atoms with Crippen LogP contribution in [0.5, 0.6) is 0 Å². The lowest BCUT2D eigenvalue weighted by Crippen LogP contribution is -2.29. The van der Waals surface area contributed by atoms with Gasteiger partial charge in [0.1, 0.15) is 0 Å². The number of rotatable bonds is 4. The number of aryl methyl sites for hydroxylation is 2. The predicted molar refractivity (Wildman–Crippen MR) is 81.4 cm³/mol. The predicted octanol–water partition coefficient (Wildman–Crippen LogP) is 3.26. The maximum Gasteiger partial charge on any atom is 0.275 e. The Morgan fingerprint density at radius 3 is 2.84 bits per heavy atom. The standard InChI is InChI=1S/C14H16N2OS2/c1-9-3-4-10(2)13(7-9)18-8-11-5-6-12(19-11)14(17)16-15/h3-7H,8,15H2,1-2H3,(H,16,17). The third-order valence-electron chi connectivity index (χ3n) is 2.73. The van der Waals surface area contributed by atoms with Gasteiger partial charge in [-0.25, -0.2) is 5.84 Å². The number of amides is 1. The highest BCUT2D eigenvalue weighted by molar-refractivity contribution is 7.98. The number of nitrogens with one attached hydrogen (secondary N) is 1. The van der Waals surface area contributed by atoms with Crippen LogP contribution in [0.4, 0.5) is 0 Å². The van der Waals surface area contributed by atoms with Gasteiger partial charge in [0.2, 0.25) is 0 Å². The van der Waals surface area contributed by atoms with Crippen molar-refractivity contribution in [3.05, 3.63) is 51.2 Å². The SMILES string of the molecule is Cc1ccc(C)c(SCc2ccc(C(=O)NN)s2)c1. The van der Waals surface area contributed by atoms with Gasteiger partial charge in [-0.1, -0.05) is 17.7 Å². The van der Waals surface area contributed by atoms with E-state index in [-0.39, 0.29) is 5.91 Å². The molecule has 0 bridgehead atoms. The minimum Gasteiger partial charge on any atom is -0.289 e. The fourth-order valence-electron chi connectivity index (χ4n) is 1.66. The Morgan fingerprint density at radius 2 is 2.11 bits per heavy atom. The van der Waals surface area contributed by atoms with Crippen molar-refractivity contribution < 1.29 is 4.79 Å². The number of hydrogen-bond donors (Lipinski definition) is 2. The lowest BCUT2D eigenvalue weighted by atomic mass is 10.2. The molecule has 0 aliphatic carbocycles. The molecule has 1 aromatic carbocycles. The Hall–Kier alpha value is -1.30. The zero-order valence-corrected chi connectivity index (χ0v) is 12.5.